The van der Waals surface area contributed by atoms with E-state index in [1.165, 1.54) is 0 Å². The lowest BCUT2D eigenvalue weighted by atomic mass is 9.92. The van der Waals surface area contributed by atoms with Gasteiger partial charge in [-0.15, -0.1) is 0 Å². The molecule has 0 saturated carbocycles. The summed E-state index contributed by atoms with van der Waals surface area (Å²) in [6, 6.07) is 4.25. The normalized spacial score (nSPS) is 19.7. The molecule has 1 N–H and O–H groups in total. The number of carbonyl (C=O) groups excluding carboxylic acids is 1. The molecule has 0 bridgehead atoms. The van der Waals surface area contributed by atoms with Crippen LogP contribution in [0.15, 0.2) is 24.5 Å². The Hall–Kier alpha value is -2.38. The van der Waals surface area contributed by atoms with Crippen LogP contribution in [0.5, 0.6) is 5.75 Å². The van der Waals surface area contributed by atoms with Crippen LogP contribution in [0.4, 0.5) is 5.69 Å². The van der Waals surface area contributed by atoms with E-state index < -0.39 is 5.60 Å². The van der Waals surface area contributed by atoms with Gasteiger partial charge in [-0.2, -0.15) is 5.10 Å². The number of aliphatic hydroxyl groups is 1. The van der Waals surface area contributed by atoms with E-state index in [2.05, 4.69) is 12.0 Å². The number of hydrogen-bond acceptors (Lipinski definition) is 5. The molecule has 1 atom stereocenters. The van der Waals surface area contributed by atoms with Crippen molar-refractivity contribution in [2.24, 2.45) is 5.92 Å². The third kappa shape index (κ3) is 4.99. The molecule has 174 valence electrons. The lowest BCUT2D eigenvalue weighted by molar-refractivity contribution is -0.117. The first-order valence-corrected chi connectivity index (χ1v) is 11.6. The number of nitrogens with zero attached hydrogens (tertiary/aromatic N) is 3. The molecule has 32 heavy (non-hydrogen) atoms. The summed E-state index contributed by atoms with van der Waals surface area (Å²) in [6.07, 6.45) is 7.56. The summed E-state index contributed by atoms with van der Waals surface area (Å²) in [5, 5.41) is 14.6. The van der Waals surface area contributed by atoms with Gasteiger partial charge in [0.15, 0.2) is 0 Å². The first-order valence-electron chi connectivity index (χ1n) is 11.6. The Labute approximate surface area is 190 Å². The average molecular weight is 442 g/mol. The van der Waals surface area contributed by atoms with Gasteiger partial charge in [0.05, 0.1) is 30.6 Å². The zero-order valence-electron chi connectivity index (χ0n) is 19.6. The van der Waals surface area contributed by atoms with Crippen molar-refractivity contribution in [2.75, 3.05) is 24.7 Å². The van der Waals surface area contributed by atoms with Crippen molar-refractivity contribution in [1.29, 1.82) is 0 Å². The van der Waals surface area contributed by atoms with Crippen molar-refractivity contribution >= 4 is 11.6 Å². The Morgan fingerprint density at radius 2 is 2.03 bits per heavy atom. The smallest absolute Gasteiger partial charge is 0.224 e. The van der Waals surface area contributed by atoms with Gasteiger partial charge in [0.2, 0.25) is 5.91 Å². The highest BCUT2D eigenvalue weighted by atomic mass is 16.5. The molecule has 0 aliphatic carbocycles. The van der Waals surface area contributed by atoms with E-state index in [1.54, 1.807) is 25.5 Å². The van der Waals surface area contributed by atoms with Crippen LogP contribution in [-0.4, -0.2) is 52.3 Å². The maximum Gasteiger partial charge on any atom is 0.224 e. The van der Waals surface area contributed by atoms with Crippen molar-refractivity contribution in [3.8, 4) is 16.9 Å². The summed E-state index contributed by atoms with van der Waals surface area (Å²) < 4.78 is 13.8. The van der Waals surface area contributed by atoms with E-state index >= 15 is 0 Å². The highest BCUT2D eigenvalue weighted by molar-refractivity contribution is 5.95. The zero-order valence-corrected chi connectivity index (χ0v) is 19.6. The summed E-state index contributed by atoms with van der Waals surface area (Å²) in [6.45, 7) is 9.89. The van der Waals surface area contributed by atoms with Crippen LogP contribution < -0.4 is 9.64 Å². The molecule has 2 aromatic rings. The molecule has 1 aromatic heterocycles. The molecule has 1 aromatic carbocycles. The van der Waals surface area contributed by atoms with Crippen LogP contribution in [0.2, 0.25) is 0 Å². The van der Waals surface area contributed by atoms with E-state index in [4.69, 9.17) is 9.47 Å². The standard InChI is InChI=1S/C25H35N3O4/c1-17-5-6-22-23(28(17)18(2)29)8-7-21(20-13-26-27(14-20)16-25(3,4)30)24(22)32-15-19-9-11-31-12-10-19/h7-8,13-14,17,19,30H,5-6,9-12,15-16H2,1-4H3/t17-/m0/s1. The van der Waals surface area contributed by atoms with Gasteiger partial charge in [-0.1, -0.05) is 0 Å². The number of ether oxygens (including phenoxy) is 2. The number of rotatable bonds is 6. The van der Waals surface area contributed by atoms with Gasteiger partial charge in [-0.3, -0.25) is 9.48 Å². The third-order valence-electron chi connectivity index (χ3n) is 6.38. The molecule has 0 unspecified atom stereocenters. The summed E-state index contributed by atoms with van der Waals surface area (Å²) in [5.74, 6) is 1.38. The average Bonchev–Trinajstić information content (AvgIpc) is 3.18. The van der Waals surface area contributed by atoms with Gasteiger partial charge in [-0.05, 0) is 64.5 Å². The van der Waals surface area contributed by atoms with Gasteiger partial charge < -0.3 is 19.5 Å². The first-order chi connectivity index (χ1) is 15.2. The number of hydrogen-bond donors (Lipinski definition) is 1. The van der Waals surface area contributed by atoms with Crippen molar-refractivity contribution in [3.63, 3.8) is 0 Å². The zero-order chi connectivity index (χ0) is 22.9. The second kappa shape index (κ2) is 9.24. The van der Waals surface area contributed by atoms with E-state index in [0.717, 1.165) is 67.0 Å². The van der Waals surface area contributed by atoms with Crippen molar-refractivity contribution in [1.82, 2.24) is 9.78 Å². The van der Waals surface area contributed by atoms with Crippen LogP contribution in [0.3, 0.4) is 0 Å². The summed E-state index contributed by atoms with van der Waals surface area (Å²) in [4.78, 5) is 14.3. The van der Waals surface area contributed by atoms with Gasteiger partial charge in [0.1, 0.15) is 5.75 Å². The molecule has 2 aliphatic rings. The third-order valence-corrected chi connectivity index (χ3v) is 6.38. The minimum atomic E-state index is -0.848. The SMILES string of the molecule is CC(=O)N1c2ccc(-c3cnn(CC(C)(C)O)c3)c(OCC3CCOCC3)c2CC[C@@H]1C. The fourth-order valence-corrected chi connectivity index (χ4v) is 4.78. The van der Waals surface area contributed by atoms with E-state index in [1.807, 2.05) is 29.4 Å². The predicted molar refractivity (Wildman–Crippen MR) is 124 cm³/mol. The fourth-order valence-electron chi connectivity index (χ4n) is 4.78. The van der Waals surface area contributed by atoms with Gasteiger partial charge in [-0.25, -0.2) is 0 Å². The van der Waals surface area contributed by atoms with E-state index in [-0.39, 0.29) is 11.9 Å². The van der Waals surface area contributed by atoms with E-state index in [0.29, 0.717) is 19.1 Å². The molecule has 7 heteroatoms. The first kappa shape index (κ1) is 22.8. The number of aromatic nitrogens is 2. The maximum absolute atomic E-state index is 12.4. The van der Waals surface area contributed by atoms with Crippen molar-refractivity contribution in [3.05, 3.63) is 30.1 Å². The number of carbonyl (C=O) groups is 1. The Bertz CT molecular complexity index is 957. The monoisotopic (exact) mass is 441 g/mol. The second-order valence-corrected chi connectivity index (χ2v) is 9.82. The van der Waals surface area contributed by atoms with E-state index in [9.17, 15) is 9.90 Å². The van der Waals surface area contributed by atoms with Crippen molar-refractivity contribution < 1.29 is 19.4 Å². The van der Waals surface area contributed by atoms with Crippen LogP contribution in [0.1, 0.15) is 52.5 Å². The molecule has 1 fully saturated rings. The maximum atomic E-state index is 12.4. The minimum absolute atomic E-state index is 0.0552. The van der Waals surface area contributed by atoms with Crippen LogP contribution >= 0.6 is 0 Å². The molecule has 1 saturated heterocycles. The van der Waals surface area contributed by atoms with Crippen molar-refractivity contribution in [2.45, 2.75) is 71.6 Å². The molecule has 7 nitrogen and oxygen atoms in total. The van der Waals surface area contributed by atoms with Crippen LogP contribution in [0, 0.1) is 5.92 Å². The number of benzene rings is 1. The molecule has 0 radical (unpaired) electrons. The largest absolute Gasteiger partial charge is 0.492 e. The predicted octanol–water partition coefficient (Wildman–Crippen LogP) is 3.81. The fraction of sp³-hybridized carbons (Fsp3) is 0.600. The minimum Gasteiger partial charge on any atom is -0.492 e. The lowest BCUT2D eigenvalue weighted by Crippen LogP contribution is -2.40. The Morgan fingerprint density at radius 3 is 2.72 bits per heavy atom. The van der Waals surface area contributed by atoms with Gasteiger partial charge >= 0.3 is 0 Å². The Kier molecular flexibility index (Phi) is 6.58. The van der Waals surface area contributed by atoms with Gasteiger partial charge in [0, 0.05) is 49.1 Å². The molecular formula is C25H35N3O4. The molecule has 2 aliphatic heterocycles. The van der Waals surface area contributed by atoms with Crippen LogP contribution in [-0.2, 0) is 22.5 Å². The molecule has 3 heterocycles. The quantitative estimate of drug-likeness (QED) is 0.738. The summed E-state index contributed by atoms with van der Waals surface area (Å²) >= 11 is 0. The summed E-state index contributed by atoms with van der Waals surface area (Å²) in [7, 11) is 0. The topological polar surface area (TPSA) is 76.8 Å². The lowest BCUT2D eigenvalue weighted by Gasteiger charge is -2.36. The Balaban J connectivity index is 1.71. The molecular weight excluding hydrogens is 406 g/mol. The number of amides is 1. The molecule has 1 amide bonds. The molecule has 4 rings (SSSR count). The molecule has 0 spiro atoms. The Morgan fingerprint density at radius 1 is 1.28 bits per heavy atom. The highest BCUT2D eigenvalue weighted by Crippen LogP contribution is 2.43. The van der Waals surface area contributed by atoms with Crippen LogP contribution in [0.25, 0.3) is 11.1 Å². The number of fused-ring (bicyclic) bond motifs is 1. The summed E-state index contributed by atoms with van der Waals surface area (Å²) in [5.41, 5.74) is 3.13. The second-order valence-electron chi connectivity index (χ2n) is 9.82. The highest BCUT2D eigenvalue weighted by Gasteiger charge is 2.30. The van der Waals surface area contributed by atoms with Gasteiger partial charge in [0.25, 0.3) is 0 Å². The number of anilines is 1.